The minimum atomic E-state index is -0.545. The van der Waals surface area contributed by atoms with E-state index in [-0.39, 0.29) is 5.82 Å². The molecule has 29 heavy (non-hydrogen) atoms. The highest BCUT2D eigenvalue weighted by Gasteiger charge is 2.24. The number of alkyl carbamates (subject to hydrolysis) is 1. The third-order valence-electron chi connectivity index (χ3n) is 4.18. The number of guanidine groups is 1. The molecule has 1 heterocycles. The molecule has 0 spiro atoms. The van der Waals surface area contributed by atoms with Crippen LogP contribution in [0.1, 0.15) is 40.2 Å². The van der Waals surface area contributed by atoms with Crippen LogP contribution in [-0.2, 0) is 11.2 Å². The van der Waals surface area contributed by atoms with Crippen molar-refractivity contribution in [3.05, 3.63) is 35.8 Å². The maximum atomic E-state index is 13.5. The maximum Gasteiger partial charge on any atom is 0.408 e. The third kappa shape index (κ3) is 7.29. The molecule has 2 rings (SSSR count). The van der Waals surface area contributed by atoms with Crippen LogP contribution in [0.5, 0.6) is 0 Å². The molecule has 160 valence electrons. The number of amides is 1. The van der Waals surface area contributed by atoms with Crippen molar-refractivity contribution in [1.29, 1.82) is 0 Å². The van der Waals surface area contributed by atoms with Gasteiger partial charge in [-0.15, -0.1) is 0 Å². The van der Waals surface area contributed by atoms with Crippen LogP contribution in [-0.4, -0.2) is 48.3 Å². The van der Waals surface area contributed by atoms with Crippen molar-refractivity contribution in [3.8, 4) is 0 Å². The number of H-pyrrole nitrogens is 1. The molecule has 0 aliphatic rings. The molecule has 0 bridgehead atoms. The van der Waals surface area contributed by atoms with Gasteiger partial charge in [-0.25, -0.2) is 9.18 Å². The minimum Gasteiger partial charge on any atom is -0.444 e. The molecule has 0 saturated carbocycles. The van der Waals surface area contributed by atoms with Gasteiger partial charge >= 0.3 is 6.09 Å². The fourth-order valence-corrected chi connectivity index (χ4v) is 2.82. The molecule has 0 aliphatic carbocycles. The summed E-state index contributed by atoms with van der Waals surface area (Å²) in [5.41, 5.74) is 0.874. The monoisotopic (exact) mass is 405 g/mol. The van der Waals surface area contributed by atoms with Gasteiger partial charge in [0.15, 0.2) is 5.96 Å². The quantitative estimate of drug-likeness (QED) is 0.438. The zero-order valence-corrected chi connectivity index (χ0v) is 18.1. The van der Waals surface area contributed by atoms with Crippen molar-refractivity contribution >= 4 is 23.0 Å². The molecule has 1 aromatic heterocycles. The predicted molar refractivity (Wildman–Crippen MR) is 115 cm³/mol. The summed E-state index contributed by atoms with van der Waals surface area (Å²) >= 11 is 0. The van der Waals surface area contributed by atoms with Crippen molar-refractivity contribution in [2.75, 3.05) is 20.1 Å². The number of hydrogen-bond acceptors (Lipinski definition) is 3. The molecule has 1 amide bonds. The first-order valence-corrected chi connectivity index (χ1v) is 9.70. The smallest absolute Gasteiger partial charge is 0.408 e. The number of hydrogen-bond donors (Lipinski definition) is 4. The molecular weight excluding hydrogens is 373 g/mol. The van der Waals surface area contributed by atoms with E-state index in [0.29, 0.717) is 25.5 Å². The van der Waals surface area contributed by atoms with Gasteiger partial charge in [0, 0.05) is 37.2 Å². The fraction of sp³-hybridized carbons (Fsp3) is 0.524. The third-order valence-corrected chi connectivity index (χ3v) is 4.18. The van der Waals surface area contributed by atoms with Crippen LogP contribution >= 0.6 is 0 Å². The average Bonchev–Trinajstić information content (AvgIpc) is 2.97. The standard InChI is InChI=1S/C21H32FN5O2/c1-20(2,3)29-19(28)27-21(4,5)13-26-18(23-6)24-10-9-14-12-25-17-8-7-15(22)11-16(14)17/h7-8,11-12,25H,9-10,13H2,1-6H3,(H,27,28)(H2,23,24,26). The van der Waals surface area contributed by atoms with E-state index in [0.717, 1.165) is 16.5 Å². The number of carbonyl (C=O) groups excluding carboxylic acids is 1. The van der Waals surface area contributed by atoms with Crippen LogP contribution in [0.25, 0.3) is 10.9 Å². The van der Waals surface area contributed by atoms with Crippen molar-refractivity contribution < 1.29 is 13.9 Å². The van der Waals surface area contributed by atoms with E-state index in [1.807, 2.05) is 40.8 Å². The van der Waals surface area contributed by atoms with E-state index in [1.165, 1.54) is 6.07 Å². The summed E-state index contributed by atoms with van der Waals surface area (Å²) in [4.78, 5) is 19.3. The highest BCUT2D eigenvalue weighted by Crippen LogP contribution is 2.19. The number of benzene rings is 1. The van der Waals surface area contributed by atoms with Crippen molar-refractivity contribution in [1.82, 2.24) is 20.9 Å². The molecule has 0 unspecified atom stereocenters. The van der Waals surface area contributed by atoms with Gasteiger partial charge < -0.3 is 25.7 Å². The molecule has 8 heteroatoms. The topological polar surface area (TPSA) is 90.5 Å². The van der Waals surface area contributed by atoms with Gasteiger partial charge in [0.25, 0.3) is 0 Å². The molecule has 0 atom stereocenters. The Morgan fingerprint density at radius 2 is 1.93 bits per heavy atom. The number of carbonyl (C=O) groups is 1. The van der Waals surface area contributed by atoms with Crippen LogP contribution in [0.3, 0.4) is 0 Å². The highest BCUT2D eigenvalue weighted by molar-refractivity contribution is 5.83. The van der Waals surface area contributed by atoms with Gasteiger partial charge in [-0.1, -0.05) is 0 Å². The predicted octanol–water partition coefficient (Wildman–Crippen LogP) is 3.32. The van der Waals surface area contributed by atoms with Crippen LogP contribution in [0.15, 0.2) is 29.4 Å². The van der Waals surface area contributed by atoms with Crippen molar-refractivity contribution in [3.63, 3.8) is 0 Å². The largest absolute Gasteiger partial charge is 0.444 e. The molecule has 2 aromatic rings. The number of ether oxygens (including phenoxy) is 1. The Balaban J connectivity index is 1.82. The second kappa shape index (κ2) is 9.15. The summed E-state index contributed by atoms with van der Waals surface area (Å²) in [6, 6.07) is 4.72. The number of fused-ring (bicyclic) bond motifs is 1. The lowest BCUT2D eigenvalue weighted by atomic mass is 10.1. The van der Waals surface area contributed by atoms with Crippen LogP contribution in [0.4, 0.5) is 9.18 Å². The van der Waals surface area contributed by atoms with Crippen LogP contribution in [0.2, 0.25) is 0 Å². The number of nitrogens with zero attached hydrogens (tertiary/aromatic N) is 1. The van der Waals surface area contributed by atoms with Crippen molar-refractivity contribution in [2.24, 2.45) is 4.99 Å². The van der Waals surface area contributed by atoms with Crippen molar-refractivity contribution in [2.45, 2.75) is 52.2 Å². The maximum absolute atomic E-state index is 13.5. The second-order valence-electron chi connectivity index (χ2n) is 8.62. The second-order valence-corrected chi connectivity index (χ2v) is 8.62. The highest BCUT2D eigenvalue weighted by atomic mass is 19.1. The summed E-state index contributed by atoms with van der Waals surface area (Å²) in [6.07, 6.45) is 2.15. The first kappa shape index (κ1) is 22.5. The number of aromatic amines is 1. The Morgan fingerprint density at radius 1 is 1.21 bits per heavy atom. The summed E-state index contributed by atoms with van der Waals surface area (Å²) in [5, 5.41) is 10.2. The summed E-state index contributed by atoms with van der Waals surface area (Å²) in [6.45, 7) is 10.4. The molecule has 1 aromatic carbocycles. The summed E-state index contributed by atoms with van der Waals surface area (Å²) in [7, 11) is 1.69. The molecule has 0 fully saturated rings. The number of halogens is 1. The van der Waals surface area contributed by atoms with Gasteiger partial charge in [-0.05, 0) is 64.8 Å². The lowest BCUT2D eigenvalue weighted by Crippen LogP contribution is -2.54. The van der Waals surface area contributed by atoms with E-state index in [2.05, 4.69) is 25.9 Å². The van der Waals surface area contributed by atoms with E-state index in [1.54, 1.807) is 19.2 Å². The normalized spacial score (nSPS) is 12.7. The molecule has 4 N–H and O–H groups in total. The Labute approximate surface area is 171 Å². The summed E-state index contributed by atoms with van der Waals surface area (Å²) in [5.74, 6) is 0.374. The number of nitrogens with one attached hydrogen (secondary N) is 4. The number of aromatic nitrogens is 1. The zero-order valence-electron chi connectivity index (χ0n) is 18.1. The van der Waals surface area contributed by atoms with E-state index in [4.69, 9.17) is 4.74 Å². The Kier molecular flexibility index (Phi) is 7.11. The minimum absolute atomic E-state index is 0.247. The van der Waals surface area contributed by atoms with Crippen LogP contribution in [0, 0.1) is 5.82 Å². The Morgan fingerprint density at radius 3 is 2.59 bits per heavy atom. The average molecular weight is 406 g/mol. The number of rotatable bonds is 6. The Hall–Kier alpha value is -2.77. The Bertz CT molecular complexity index is 868. The van der Waals surface area contributed by atoms with Gasteiger partial charge in [-0.2, -0.15) is 0 Å². The van der Waals surface area contributed by atoms with Gasteiger partial charge in [0.2, 0.25) is 0 Å². The lowest BCUT2D eigenvalue weighted by Gasteiger charge is -2.29. The number of aliphatic imine (C=N–C) groups is 1. The van der Waals surface area contributed by atoms with Gasteiger partial charge in [0.05, 0.1) is 5.54 Å². The zero-order chi connectivity index (χ0) is 21.7. The molecule has 7 nitrogen and oxygen atoms in total. The van der Waals surface area contributed by atoms with E-state index >= 15 is 0 Å². The van der Waals surface area contributed by atoms with E-state index < -0.39 is 17.2 Å². The van der Waals surface area contributed by atoms with Crippen LogP contribution < -0.4 is 16.0 Å². The van der Waals surface area contributed by atoms with E-state index in [9.17, 15) is 9.18 Å². The van der Waals surface area contributed by atoms with Gasteiger partial charge in [-0.3, -0.25) is 4.99 Å². The molecule has 0 radical (unpaired) electrons. The SMILES string of the molecule is CN=C(NCCc1c[nH]c2ccc(F)cc12)NCC(C)(C)NC(=O)OC(C)(C)C. The first-order valence-electron chi connectivity index (χ1n) is 9.70. The van der Waals surface area contributed by atoms with Gasteiger partial charge in [0.1, 0.15) is 11.4 Å². The molecule has 0 aliphatic heterocycles. The summed E-state index contributed by atoms with van der Waals surface area (Å²) < 4.78 is 18.8. The molecular formula is C21H32FN5O2. The lowest BCUT2D eigenvalue weighted by molar-refractivity contribution is 0.0474. The fourth-order valence-electron chi connectivity index (χ4n) is 2.82. The molecule has 0 saturated heterocycles. The first-order chi connectivity index (χ1) is 13.5.